The van der Waals surface area contributed by atoms with Gasteiger partial charge in [0.15, 0.2) is 0 Å². The van der Waals surface area contributed by atoms with Crippen LogP contribution in [0.3, 0.4) is 0 Å². The van der Waals surface area contributed by atoms with Gasteiger partial charge in [-0.3, -0.25) is 0 Å². The molecule has 40 valence electrons. The van der Waals surface area contributed by atoms with E-state index in [2.05, 4.69) is 0 Å². The van der Waals surface area contributed by atoms with Gasteiger partial charge in [-0.15, -0.1) is 0 Å². The Balaban J connectivity index is 0. The van der Waals surface area contributed by atoms with Gasteiger partial charge >= 0.3 is 0 Å². The molecule has 1 unspecified atom stereocenters. The summed E-state index contributed by atoms with van der Waals surface area (Å²) in [6.45, 7) is 1.39. The third-order valence-electron chi connectivity index (χ3n) is 0.264. The SMILES string of the molecule is CC(O)CO.[Fe]. The molecule has 0 aliphatic heterocycles. The summed E-state index contributed by atoms with van der Waals surface area (Å²) in [6.07, 6.45) is -0.560. The van der Waals surface area contributed by atoms with Crippen LogP contribution in [0.1, 0.15) is 6.92 Å². The van der Waals surface area contributed by atoms with Crippen LogP contribution in [-0.4, -0.2) is 22.9 Å². The van der Waals surface area contributed by atoms with E-state index in [9.17, 15) is 0 Å². The summed E-state index contributed by atoms with van der Waals surface area (Å²) < 4.78 is 0. The van der Waals surface area contributed by atoms with Crippen molar-refractivity contribution in [3.05, 3.63) is 0 Å². The predicted molar refractivity (Wildman–Crippen MR) is 18.8 cm³/mol. The monoisotopic (exact) mass is 132 g/mol. The summed E-state index contributed by atoms with van der Waals surface area (Å²) in [5.74, 6) is 0. The normalized spacial score (nSPS) is 12.5. The molecule has 0 amide bonds. The molecule has 1 atom stereocenters. The Morgan fingerprint density at radius 2 is 1.83 bits per heavy atom. The van der Waals surface area contributed by atoms with Crippen LogP contribution in [0.25, 0.3) is 0 Å². The quantitative estimate of drug-likeness (QED) is 0.465. The molecule has 2 nitrogen and oxygen atoms in total. The van der Waals surface area contributed by atoms with Crippen molar-refractivity contribution in [3.8, 4) is 0 Å². The maximum absolute atomic E-state index is 8.11. The van der Waals surface area contributed by atoms with Crippen LogP contribution in [0.5, 0.6) is 0 Å². The minimum Gasteiger partial charge on any atom is -0.394 e. The predicted octanol–water partition coefficient (Wildman–Crippen LogP) is -0.643. The number of aliphatic hydroxyl groups excluding tert-OH is 2. The van der Waals surface area contributed by atoms with E-state index in [4.69, 9.17) is 10.2 Å². The average Bonchev–Trinajstić information content (AvgIpc) is 1.38. The van der Waals surface area contributed by atoms with Crippen LogP contribution in [0.4, 0.5) is 0 Å². The van der Waals surface area contributed by atoms with E-state index in [-0.39, 0.29) is 23.7 Å². The van der Waals surface area contributed by atoms with Crippen LogP contribution in [-0.2, 0) is 17.1 Å². The smallest absolute Gasteiger partial charge is 0.0742 e. The third kappa shape index (κ3) is 8.83. The van der Waals surface area contributed by atoms with Crippen molar-refractivity contribution in [2.45, 2.75) is 13.0 Å². The summed E-state index contributed by atoms with van der Waals surface area (Å²) in [5, 5.41) is 16.0. The van der Waals surface area contributed by atoms with E-state index in [0.29, 0.717) is 0 Å². The van der Waals surface area contributed by atoms with Crippen molar-refractivity contribution in [2.24, 2.45) is 0 Å². The van der Waals surface area contributed by atoms with Gasteiger partial charge in [-0.1, -0.05) is 0 Å². The molecule has 0 saturated heterocycles. The molecule has 3 heteroatoms. The summed E-state index contributed by atoms with van der Waals surface area (Å²) in [4.78, 5) is 0. The number of aliphatic hydroxyl groups is 2. The molecule has 0 aromatic rings. The number of hydrogen-bond acceptors (Lipinski definition) is 2. The molecule has 0 rings (SSSR count). The topological polar surface area (TPSA) is 40.5 Å². The summed E-state index contributed by atoms with van der Waals surface area (Å²) in [5.41, 5.74) is 0. The van der Waals surface area contributed by atoms with E-state index in [1.165, 1.54) is 6.92 Å². The van der Waals surface area contributed by atoms with Gasteiger partial charge in [0.2, 0.25) is 0 Å². The molecule has 0 aromatic heterocycles. The second kappa shape index (κ2) is 5.44. The molecule has 0 heterocycles. The second-order valence-electron chi connectivity index (χ2n) is 1.03. The zero-order valence-electron chi connectivity index (χ0n) is 3.53. The van der Waals surface area contributed by atoms with Gasteiger partial charge < -0.3 is 10.2 Å². The van der Waals surface area contributed by atoms with Gasteiger partial charge in [0, 0.05) is 17.1 Å². The van der Waals surface area contributed by atoms with Crippen LogP contribution in [0.2, 0.25) is 0 Å². The van der Waals surface area contributed by atoms with Gasteiger partial charge in [0.1, 0.15) is 0 Å². The van der Waals surface area contributed by atoms with E-state index < -0.39 is 6.10 Å². The van der Waals surface area contributed by atoms with Gasteiger partial charge in [0.05, 0.1) is 12.7 Å². The van der Waals surface area contributed by atoms with Crippen molar-refractivity contribution in [1.82, 2.24) is 0 Å². The van der Waals surface area contributed by atoms with Crippen molar-refractivity contribution < 1.29 is 27.3 Å². The second-order valence-corrected chi connectivity index (χ2v) is 1.03. The van der Waals surface area contributed by atoms with E-state index in [1.807, 2.05) is 0 Å². The minimum absolute atomic E-state index is 0. The van der Waals surface area contributed by atoms with E-state index >= 15 is 0 Å². The minimum atomic E-state index is -0.560. The molecular formula is C3H8FeO2. The Morgan fingerprint density at radius 3 is 1.83 bits per heavy atom. The van der Waals surface area contributed by atoms with E-state index in [1.54, 1.807) is 0 Å². The zero-order chi connectivity index (χ0) is 4.28. The van der Waals surface area contributed by atoms with Gasteiger partial charge in [-0.05, 0) is 6.92 Å². The molecule has 0 spiro atoms. The first-order chi connectivity index (χ1) is 2.27. The zero-order valence-corrected chi connectivity index (χ0v) is 4.64. The first-order valence-corrected chi connectivity index (χ1v) is 1.56. The molecule has 0 bridgehead atoms. The van der Waals surface area contributed by atoms with E-state index in [0.717, 1.165) is 0 Å². The van der Waals surface area contributed by atoms with Crippen LogP contribution in [0.15, 0.2) is 0 Å². The number of hydrogen-bond donors (Lipinski definition) is 2. The van der Waals surface area contributed by atoms with Crippen LogP contribution < -0.4 is 0 Å². The first-order valence-electron chi connectivity index (χ1n) is 1.56. The van der Waals surface area contributed by atoms with Gasteiger partial charge in [-0.2, -0.15) is 0 Å². The third-order valence-corrected chi connectivity index (χ3v) is 0.264. The van der Waals surface area contributed by atoms with Crippen LogP contribution in [0, 0.1) is 0 Å². The standard InChI is InChI=1S/C3H8O2.Fe/c1-3(5)2-4;/h3-5H,2H2,1H3;. The Bertz CT molecular complexity index is 22.8. The molecule has 2 N–H and O–H groups in total. The molecule has 0 aliphatic carbocycles. The van der Waals surface area contributed by atoms with Gasteiger partial charge in [-0.25, -0.2) is 0 Å². The fourth-order valence-electron chi connectivity index (χ4n) is 0. The Hall–Kier alpha value is 0.439. The molecule has 6 heavy (non-hydrogen) atoms. The Labute approximate surface area is 47.7 Å². The van der Waals surface area contributed by atoms with Crippen LogP contribution >= 0.6 is 0 Å². The number of rotatable bonds is 1. The Morgan fingerprint density at radius 1 is 1.67 bits per heavy atom. The molecule has 0 radical (unpaired) electrons. The summed E-state index contributed by atoms with van der Waals surface area (Å²) in [6, 6.07) is 0. The molecular weight excluding hydrogens is 124 g/mol. The first kappa shape index (κ1) is 9.67. The Kier molecular flexibility index (Phi) is 8.76. The molecule has 0 fully saturated rings. The molecule has 0 aliphatic rings. The largest absolute Gasteiger partial charge is 0.394 e. The van der Waals surface area contributed by atoms with Crippen molar-refractivity contribution in [2.75, 3.05) is 6.61 Å². The maximum atomic E-state index is 8.11. The molecule has 0 saturated carbocycles. The maximum Gasteiger partial charge on any atom is 0.0742 e. The fraction of sp³-hybridized carbons (Fsp3) is 1.00. The van der Waals surface area contributed by atoms with Crippen molar-refractivity contribution in [3.63, 3.8) is 0 Å². The average molecular weight is 132 g/mol. The van der Waals surface area contributed by atoms with Crippen molar-refractivity contribution in [1.29, 1.82) is 0 Å². The summed E-state index contributed by atoms with van der Waals surface area (Å²) in [7, 11) is 0. The summed E-state index contributed by atoms with van der Waals surface area (Å²) >= 11 is 0. The fourth-order valence-corrected chi connectivity index (χ4v) is 0. The van der Waals surface area contributed by atoms with Crippen molar-refractivity contribution >= 4 is 0 Å². The molecule has 0 aromatic carbocycles. The van der Waals surface area contributed by atoms with Gasteiger partial charge in [0.25, 0.3) is 0 Å².